The summed E-state index contributed by atoms with van der Waals surface area (Å²) < 4.78 is 11.1. The Kier molecular flexibility index (Phi) is 13.3. The van der Waals surface area contributed by atoms with E-state index in [1.54, 1.807) is 7.05 Å². The van der Waals surface area contributed by atoms with Gasteiger partial charge in [-0.1, -0.05) is 31.5 Å². The average molecular weight is 490 g/mol. The first-order valence-corrected chi connectivity index (χ1v) is 9.78. The molecule has 1 saturated heterocycles. The lowest BCUT2D eigenvalue weighted by molar-refractivity contribution is 0.122. The normalized spacial score (nSPS) is 14.6. The van der Waals surface area contributed by atoms with Gasteiger partial charge in [-0.3, -0.25) is 4.99 Å². The minimum absolute atomic E-state index is 0. The van der Waals surface area contributed by atoms with E-state index in [-0.39, 0.29) is 24.0 Å². The number of guanidine groups is 1. The fourth-order valence-corrected chi connectivity index (χ4v) is 2.90. The molecular weight excluding hydrogens is 455 g/mol. The lowest BCUT2D eigenvalue weighted by Crippen LogP contribution is -2.39. The Labute approximate surface area is 181 Å². The van der Waals surface area contributed by atoms with Gasteiger partial charge in [0.15, 0.2) is 5.96 Å². The molecule has 0 radical (unpaired) electrons. The van der Waals surface area contributed by atoms with Gasteiger partial charge in [-0.2, -0.15) is 0 Å². The topological polar surface area (TPSA) is 58.1 Å². The molecule has 0 atom stereocenters. The molecule has 1 aliphatic rings. The van der Waals surface area contributed by atoms with Crippen molar-refractivity contribution in [3.63, 3.8) is 0 Å². The molecule has 0 bridgehead atoms. The highest BCUT2D eigenvalue weighted by Gasteiger charge is 2.14. The van der Waals surface area contributed by atoms with Crippen LogP contribution in [-0.2, 0) is 16.0 Å². The van der Waals surface area contributed by atoms with Crippen LogP contribution in [0.15, 0.2) is 29.3 Å². The molecular formula is C20H35IN4O2. The number of ether oxygens (including phenoxy) is 2. The van der Waals surface area contributed by atoms with Gasteiger partial charge in [0.2, 0.25) is 0 Å². The summed E-state index contributed by atoms with van der Waals surface area (Å²) in [6.07, 6.45) is 3.30. The van der Waals surface area contributed by atoms with Gasteiger partial charge in [-0.05, 0) is 24.5 Å². The maximum absolute atomic E-state index is 5.59. The Morgan fingerprint density at radius 1 is 1.15 bits per heavy atom. The van der Waals surface area contributed by atoms with Crippen LogP contribution in [0.2, 0.25) is 0 Å². The Balaban J connectivity index is 0.00000364. The van der Waals surface area contributed by atoms with E-state index in [0.29, 0.717) is 0 Å². The summed E-state index contributed by atoms with van der Waals surface area (Å²) in [4.78, 5) is 6.71. The number of halogens is 1. The minimum atomic E-state index is 0. The smallest absolute Gasteiger partial charge is 0.191 e. The molecule has 1 aliphatic heterocycles. The molecule has 6 nitrogen and oxygen atoms in total. The molecule has 1 aromatic rings. The van der Waals surface area contributed by atoms with E-state index < -0.39 is 0 Å². The summed E-state index contributed by atoms with van der Waals surface area (Å²) in [5.41, 5.74) is 2.56. The third-order valence-corrected chi connectivity index (χ3v) is 4.41. The second-order valence-corrected chi connectivity index (χ2v) is 6.40. The van der Waals surface area contributed by atoms with Crippen molar-refractivity contribution >= 4 is 35.6 Å². The molecule has 1 heterocycles. The molecule has 0 amide bonds. The average Bonchev–Trinajstić information content (AvgIpc) is 2.70. The highest BCUT2D eigenvalue weighted by atomic mass is 127. The molecule has 7 heteroatoms. The van der Waals surface area contributed by atoms with Crippen molar-refractivity contribution in [2.24, 2.45) is 4.99 Å². The molecule has 0 aliphatic carbocycles. The predicted molar refractivity (Wildman–Crippen MR) is 123 cm³/mol. The number of rotatable bonds is 10. The Hall–Kier alpha value is -1.06. The summed E-state index contributed by atoms with van der Waals surface area (Å²) in [6, 6.07) is 8.55. The minimum Gasteiger partial charge on any atom is -0.381 e. The number of hydrogen-bond acceptors (Lipinski definition) is 4. The van der Waals surface area contributed by atoms with Crippen LogP contribution in [0.1, 0.15) is 31.7 Å². The Morgan fingerprint density at radius 2 is 1.89 bits per heavy atom. The zero-order valence-electron chi connectivity index (χ0n) is 16.7. The van der Waals surface area contributed by atoms with Gasteiger partial charge in [0, 0.05) is 52.1 Å². The number of para-hydroxylation sites is 1. The molecule has 0 aromatic heterocycles. The van der Waals surface area contributed by atoms with Crippen LogP contribution in [0.25, 0.3) is 0 Å². The van der Waals surface area contributed by atoms with Crippen molar-refractivity contribution in [2.75, 3.05) is 58.0 Å². The van der Waals surface area contributed by atoms with Crippen LogP contribution >= 0.6 is 24.0 Å². The number of nitrogens with one attached hydrogen (secondary N) is 2. The lowest BCUT2D eigenvalue weighted by atomic mass is 10.1. The maximum Gasteiger partial charge on any atom is 0.191 e. The zero-order valence-corrected chi connectivity index (χ0v) is 19.0. The quantitative estimate of drug-likeness (QED) is 0.229. The number of unbranched alkanes of at least 4 members (excludes halogenated alkanes) is 1. The van der Waals surface area contributed by atoms with Crippen molar-refractivity contribution in [1.82, 2.24) is 10.6 Å². The summed E-state index contributed by atoms with van der Waals surface area (Å²) in [7, 11) is 1.81. The second kappa shape index (κ2) is 14.9. The van der Waals surface area contributed by atoms with Crippen LogP contribution in [-0.4, -0.2) is 59.1 Å². The second-order valence-electron chi connectivity index (χ2n) is 6.40. The standard InChI is InChI=1S/C20H34N4O2.HI/c1-3-4-13-25-14-7-10-22-20(21-2)23-17-18-8-5-6-9-19(18)24-11-15-26-16-12-24;/h5-6,8-9H,3-4,7,10-17H2,1-2H3,(H2,21,22,23);1H. The first kappa shape index (κ1) is 24.0. The van der Waals surface area contributed by atoms with E-state index in [9.17, 15) is 0 Å². The van der Waals surface area contributed by atoms with Gasteiger partial charge in [0.05, 0.1) is 13.2 Å². The molecule has 154 valence electrons. The third kappa shape index (κ3) is 9.12. The third-order valence-electron chi connectivity index (χ3n) is 4.41. The monoisotopic (exact) mass is 490 g/mol. The predicted octanol–water partition coefficient (Wildman–Crippen LogP) is 3.01. The molecule has 27 heavy (non-hydrogen) atoms. The number of aliphatic imine (C=N–C) groups is 1. The molecule has 0 saturated carbocycles. The molecule has 2 rings (SSSR count). The number of hydrogen-bond donors (Lipinski definition) is 2. The van der Waals surface area contributed by atoms with Gasteiger partial charge in [-0.25, -0.2) is 0 Å². The van der Waals surface area contributed by atoms with Gasteiger partial charge in [0.25, 0.3) is 0 Å². The lowest BCUT2D eigenvalue weighted by Gasteiger charge is -2.30. The highest BCUT2D eigenvalue weighted by molar-refractivity contribution is 14.0. The van der Waals surface area contributed by atoms with E-state index >= 15 is 0 Å². The Bertz CT molecular complexity index is 536. The van der Waals surface area contributed by atoms with Crippen LogP contribution in [0, 0.1) is 0 Å². The van der Waals surface area contributed by atoms with Crippen LogP contribution < -0.4 is 15.5 Å². The fourth-order valence-electron chi connectivity index (χ4n) is 2.90. The van der Waals surface area contributed by atoms with Gasteiger partial charge < -0.3 is 25.0 Å². The van der Waals surface area contributed by atoms with E-state index in [1.165, 1.54) is 17.7 Å². The summed E-state index contributed by atoms with van der Waals surface area (Å²) >= 11 is 0. The summed E-state index contributed by atoms with van der Waals surface area (Å²) in [5.74, 6) is 0.829. The summed E-state index contributed by atoms with van der Waals surface area (Å²) in [6.45, 7) is 8.93. The molecule has 0 spiro atoms. The maximum atomic E-state index is 5.59. The fraction of sp³-hybridized carbons (Fsp3) is 0.650. The molecule has 1 fully saturated rings. The van der Waals surface area contributed by atoms with Crippen LogP contribution in [0.3, 0.4) is 0 Å². The number of benzene rings is 1. The Morgan fingerprint density at radius 3 is 2.63 bits per heavy atom. The molecule has 1 aromatic carbocycles. The summed E-state index contributed by atoms with van der Waals surface area (Å²) in [5, 5.41) is 6.77. The van der Waals surface area contributed by atoms with Crippen LogP contribution in [0.5, 0.6) is 0 Å². The van der Waals surface area contributed by atoms with Crippen LogP contribution in [0.4, 0.5) is 5.69 Å². The van der Waals surface area contributed by atoms with Crippen molar-refractivity contribution in [1.29, 1.82) is 0 Å². The van der Waals surface area contributed by atoms with Gasteiger partial charge in [0.1, 0.15) is 0 Å². The largest absolute Gasteiger partial charge is 0.381 e. The van der Waals surface area contributed by atoms with Gasteiger partial charge >= 0.3 is 0 Å². The number of morpholine rings is 1. The first-order chi connectivity index (χ1) is 12.8. The molecule has 2 N–H and O–H groups in total. The first-order valence-electron chi connectivity index (χ1n) is 9.78. The number of anilines is 1. The SMILES string of the molecule is CCCCOCCCNC(=NC)NCc1ccccc1N1CCOCC1.I. The van der Waals surface area contributed by atoms with E-state index in [2.05, 4.69) is 51.7 Å². The van der Waals surface area contributed by atoms with Crippen molar-refractivity contribution < 1.29 is 9.47 Å². The van der Waals surface area contributed by atoms with Gasteiger partial charge in [-0.15, -0.1) is 24.0 Å². The van der Waals surface area contributed by atoms with E-state index in [0.717, 1.165) is 71.4 Å². The zero-order chi connectivity index (χ0) is 18.5. The van der Waals surface area contributed by atoms with Crippen molar-refractivity contribution in [2.45, 2.75) is 32.7 Å². The number of nitrogens with zero attached hydrogens (tertiary/aromatic N) is 2. The molecule has 0 unspecified atom stereocenters. The van der Waals surface area contributed by atoms with E-state index in [4.69, 9.17) is 9.47 Å². The van der Waals surface area contributed by atoms with Crippen molar-refractivity contribution in [3.8, 4) is 0 Å². The van der Waals surface area contributed by atoms with Crippen molar-refractivity contribution in [3.05, 3.63) is 29.8 Å². The van der Waals surface area contributed by atoms with E-state index in [1.807, 2.05) is 0 Å². The highest BCUT2D eigenvalue weighted by Crippen LogP contribution is 2.21.